The topological polar surface area (TPSA) is 43.4 Å². The summed E-state index contributed by atoms with van der Waals surface area (Å²) in [7, 11) is 0. The average molecular weight is 239 g/mol. The lowest BCUT2D eigenvalue weighted by Crippen LogP contribution is -2.15. The number of Topliss-reactive ketones (excluding diaryl/α,β-unsaturated/α-hetero) is 1. The Kier molecular flexibility index (Phi) is 2.97. The number of halogens is 1. The van der Waals surface area contributed by atoms with E-state index in [1.165, 1.54) is 6.92 Å². The Hall–Kier alpha value is -1.35. The molecule has 0 aliphatic carbocycles. The van der Waals surface area contributed by atoms with Crippen molar-refractivity contribution in [1.29, 1.82) is 0 Å². The maximum Gasteiger partial charge on any atom is 0.317 e. The predicted octanol–water partition coefficient (Wildman–Crippen LogP) is 2.53. The van der Waals surface area contributed by atoms with E-state index >= 15 is 0 Å². The zero-order chi connectivity index (χ0) is 11.7. The Morgan fingerprint density at radius 2 is 2.00 bits per heavy atom. The van der Waals surface area contributed by atoms with Crippen LogP contribution in [0, 0.1) is 5.92 Å². The third-order valence-electron chi connectivity index (χ3n) is 2.73. The molecule has 2 atom stereocenters. The Morgan fingerprint density at radius 1 is 1.38 bits per heavy atom. The summed E-state index contributed by atoms with van der Waals surface area (Å²) in [5.74, 6) is -1.17. The SMILES string of the molecule is CC(=O)[C@@H]1C[C@H](c2ccc(Cl)cc2)OC1=O. The fraction of sp³-hybridized carbons (Fsp3) is 0.333. The second-order valence-electron chi connectivity index (χ2n) is 3.88. The lowest BCUT2D eigenvalue weighted by molar-refractivity contribution is -0.146. The first kappa shape index (κ1) is 11.1. The molecule has 1 aliphatic heterocycles. The molecular formula is C12H11ClO3. The van der Waals surface area contributed by atoms with Crippen LogP contribution in [0.5, 0.6) is 0 Å². The van der Waals surface area contributed by atoms with Crippen LogP contribution in [0.3, 0.4) is 0 Å². The molecule has 3 nitrogen and oxygen atoms in total. The molecule has 1 aromatic rings. The maximum absolute atomic E-state index is 11.4. The minimum Gasteiger partial charge on any atom is -0.457 e. The van der Waals surface area contributed by atoms with Crippen molar-refractivity contribution in [3.63, 3.8) is 0 Å². The Labute approximate surface area is 98.4 Å². The molecule has 0 unspecified atom stereocenters. The molecule has 4 heteroatoms. The van der Waals surface area contributed by atoms with Crippen LogP contribution in [0.2, 0.25) is 5.02 Å². The van der Waals surface area contributed by atoms with Gasteiger partial charge in [-0.1, -0.05) is 23.7 Å². The molecule has 1 aromatic carbocycles. The van der Waals surface area contributed by atoms with Crippen LogP contribution in [0.25, 0.3) is 0 Å². The molecule has 1 aliphatic rings. The summed E-state index contributed by atoms with van der Waals surface area (Å²) in [6, 6.07) is 7.10. The number of carbonyl (C=O) groups excluding carboxylic acids is 2. The summed E-state index contributed by atoms with van der Waals surface area (Å²) >= 11 is 5.76. The second-order valence-corrected chi connectivity index (χ2v) is 4.31. The van der Waals surface area contributed by atoms with Crippen molar-refractivity contribution in [3.05, 3.63) is 34.9 Å². The summed E-state index contributed by atoms with van der Waals surface area (Å²) in [6.07, 6.45) is 0.106. The van der Waals surface area contributed by atoms with Gasteiger partial charge in [-0.05, 0) is 24.6 Å². The maximum atomic E-state index is 11.4. The quantitative estimate of drug-likeness (QED) is 0.587. The number of rotatable bonds is 2. The van der Waals surface area contributed by atoms with E-state index in [1.807, 2.05) is 12.1 Å². The lowest BCUT2D eigenvalue weighted by atomic mass is 9.97. The van der Waals surface area contributed by atoms with Crippen LogP contribution in [-0.2, 0) is 14.3 Å². The highest BCUT2D eigenvalue weighted by atomic mass is 35.5. The number of cyclic esters (lactones) is 1. The van der Waals surface area contributed by atoms with Crippen molar-refractivity contribution < 1.29 is 14.3 Å². The van der Waals surface area contributed by atoms with E-state index in [-0.39, 0.29) is 11.9 Å². The number of benzene rings is 1. The van der Waals surface area contributed by atoms with Gasteiger partial charge < -0.3 is 4.74 Å². The zero-order valence-electron chi connectivity index (χ0n) is 8.77. The summed E-state index contributed by atoms with van der Waals surface area (Å²) in [5.41, 5.74) is 0.876. The van der Waals surface area contributed by atoms with Crippen molar-refractivity contribution in [3.8, 4) is 0 Å². The average Bonchev–Trinajstić information content (AvgIpc) is 2.61. The van der Waals surface area contributed by atoms with Gasteiger partial charge in [0, 0.05) is 11.4 Å². The Bertz CT molecular complexity index is 424. The smallest absolute Gasteiger partial charge is 0.317 e. The molecule has 16 heavy (non-hydrogen) atoms. The molecule has 1 saturated heterocycles. The second kappa shape index (κ2) is 4.26. The van der Waals surface area contributed by atoms with Crippen LogP contribution in [0.15, 0.2) is 24.3 Å². The molecule has 0 spiro atoms. The fourth-order valence-electron chi connectivity index (χ4n) is 1.79. The third kappa shape index (κ3) is 2.09. The highest BCUT2D eigenvalue weighted by Gasteiger charge is 2.38. The molecule has 1 heterocycles. The number of hydrogen-bond acceptors (Lipinski definition) is 3. The first-order valence-corrected chi connectivity index (χ1v) is 5.42. The molecule has 1 fully saturated rings. The summed E-state index contributed by atoms with van der Waals surface area (Å²) in [4.78, 5) is 22.6. The number of ether oxygens (including phenoxy) is 1. The highest BCUT2D eigenvalue weighted by molar-refractivity contribution is 6.30. The predicted molar refractivity (Wildman–Crippen MR) is 59.1 cm³/mol. The van der Waals surface area contributed by atoms with Crippen LogP contribution >= 0.6 is 11.6 Å². The largest absolute Gasteiger partial charge is 0.457 e. The van der Waals surface area contributed by atoms with E-state index in [2.05, 4.69) is 0 Å². The molecule has 2 rings (SSSR count). The first-order chi connectivity index (χ1) is 7.58. The molecule has 0 saturated carbocycles. The van der Waals surface area contributed by atoms with E-state index in [4.69, 9.17) is 16.3 Å². The van der Waals surface area contributed by atoms with Gasteiger partial charge in [0.2, 0.25) is 0 Å². The van der Waals surface area contributed by atoms with Gasteiger partial charge >= 0.3 is 5.97 Å². The monoisotopic (exact) mass is 238 g/mol. The normalized spacial score (nSPS) is 24.2. The van der Waals surface area contributed by atoms with Crippen LogP contribution in [0.4, 0.5) is 0 Å². The van der Waals surface area contributed by atoms with Crippen LogP contribution in [-0.4, -0.2) is 11.8 Å². The van der Waals surface area contributed by atoms with Crippen molar-refractivity contribution in [2.45, 2.75) is 19.4 Å². The minimum atomic E-state index is -0.610. The van der Waals surface area contributed by atoms with Gasteiger partial charge in [-0.3, -0.25) is 9.59 Å². The van der Waals surface area contributed by atoms with Gasteiger partial charge in [0.1, 0.15) is 17.8 Å². The van der Waals surface area contributed by atoms with Crippen molar-refractivity contribution >= 4 is 23.4 Å². The number of ketones is 1. The van der Waals surface area contributed by atoms with E-state index in [0.29, 0.717) is 11.4 Å². The number of hydrogen-bond donors (Lipinski definition) is 0. The van der Waals surface area contributed by atoms with Gasteiger partial charge in [0.25, 0.3) is 0 Å². The van der Waals surface area contributed by atoms with Crippen LogP contribution in [0.1, 0.15) is 25.0 Å². The number of esters is 1. The van der Waals surface area contributed by atoms with Gasteiger partial charge in [0.05, 0.1) is 0 Å². The molecule has 0 bridgehead atoms. The van der Waals surface area contributed by atoms with Gasteiger partial charge in [0.15, 0.2) is 0 Å². The lowest BCUT2D eigenvalue weighted by Gasteiger charge is -2.08. The van der Waals surface area contributed by atoms with Gasteiger partial charge in [-0.15, -0.1) is 0 Å². The van der Waals surface area contributed by atoms with E-state index in [9.17, 15) is 9.59 Å². The molecular weight excluding hydrogens is 228 g/mol. The fourth-order valence-corrected chi connectivity index (χ4v) is 1.92. The summed E-state index contributed by atoms with van der Waals surface area (Å²) in [5, 5.41) is 0.635. The molecule has 0 aromatic heterocycles. The van der Waals surface area contributed by atoms with Crippen molar-refractivity contribution in [2.24, 2.45) is 5.92 Å². The van der Waals surface area contributed by atoms with Crippen molar-refractivity contribution in [2.75, 3.05) is 0 Å². The standard InChI is InChI=1S/C12H11ClO3/c1-7(14)10-6-11(16-12(10)15)8-2-4-9(13)5-3-8/h2-5,10-11H,6H2,1H3/t10-,11+/m0/s1. The molecule has 0 amide bonds. The number of carbonyl (C=O) groups is 2. The summed E-state index contributed by atoms with van der Waals surface area (Å²) < 4.78 is 5.16. The Balaban J connectivity index is 2.16. The minimum absolute atomic E-state index is 0.138. The van der Waals surface area contributed by atoms with E-state index in [0.717, 1.165) is 5.56 Å². The van der Waals surface area contributed by atoms with Gasteiger partial charge in [-0.2, -0.15) is 0 Å². The highest BCUT2D eigenvalue weighted by Crippen LogP contribution is 2.34. The molecule has 0 radical (unpaired) electrons. The third-order valence-corrected chi connectivity index (χ3v) is 2.98. The van der Waals surface area contributed by atoms with E-state index < -0.39 is 11.9 Å². The molecule has 84 valence electrons. The zero-order valence-corrected chi connectivity index (χ0v) is 9.53. The Morgan fingerprint density at radius 3 is 2.50 bits per heavy atom. The van der Waals surface area contributed by atoms with Crippen molar-refractivity contribution in [1.82, 2.24) is 0 Å². The van der Waals surface area contributed by atoms with E-state index in [1.54, 1.807) is 12.1 Å². The summed E-state index contributed by atoms with van der Waals surface area (Å²) in [6.45, 7) is 1.41. The van der Waals surface area contributed by atoms with Gasteiger partial charge in [-0.25, -0.2) is 0 Å². The van der Waals surface area contributed by atoms with Crippen LogP contribution < -0.4 is 0 Å². The molecule has 0 N–H and O–H groups in total. The first-order valence-electron chi connectivity index (χ1n) is 5.04.